The number of carbonyl (C=O) groups is 1. The van der Waals surface area contributed by atoms with E-state index in [0.29, 0.717) is 38.2 Å². The second-order valence-electron chi connectivity index (χ2n) is 6.54. The van der Waals surface area contributed by atoms with Gasteiger partial charge >= 0.3 is 0 Å². The molecule has 22 heavy (non-hydrogen) atoms. The van der Waals surface area contributed by atoms with Crippen LogP contribution in [0.1, 0.15) is 49.5 Å². The zero-order valence-electron chi connectivity index (χ0n) is 13.1. The smallest absolute Gasteiger partial charge is 0.272 e. The lowest BCUT2D eigenvalue weighted by Crippen LogP contribution is -2.55. The molecule has 2 aliphatic rings. The Morgan fingerprint density at radius 1 is 1.36 bits per heavy atom. The van der Waals surface area contributed by atoms with Crippen molar-refractivity contribution >= 4 is 5.91 Å². The van der Waals surface area contributed by atoms with Crippen molar-refractivity contribution in [3.05, 3.63) is 30.1 Å². The highest BCUT2D eigenvalue weighted by atomic mass is 16.5. The normalized spacial score (nSPS) is 27.8. The molecule has 1 amide bonds. The Morgan fingerprint density at radius 2 is 2.14 bits per heavy atom. The number of hydrogen-bond donors (Lipinski definition) is 1. The molecule has 2 saturated heterocycles. The molecule has 2 fully saturated rings. The standard InChI is InChI=1S/C17H24N2O3/c1-2-16(21)8-12-22-17(13-16)6-10-19(11-7-17)15(20)14-5-3-4-9-18-14/h3-5,9,21H,2,6-8,10-13H2,1H3. The molecule has 0 saturated carbocycles. The summed E-state index contributed by atoms with van der Waals surface area (Å²) < 4.78 is 6.02. The lowest BCUT2D eigenvalue weighted by Gasteiger charge is -2.49. The van der Waals surface area contributed by atoms with Crippen molar-refractivity contribution in [1.29, 1.82) is 0 Å². The molecule has 1 N–H and O–H groups in total. The first kappa shape index (κ1) is 15.4. The number of amides is 1. The van der Waals surface area contributed by atoms with E-state index in [1.165, 1.54) is 0 Å². The van der Waals surface area contributed by atoms with Crippen LogP contribution in [0.15, 0.2) is 24.4 Å². The molecule has 5 nitrogen and oxygen atoms in total. The van der Waals surface area contributed by atoms with Gasteiger partial charge in [-0.15, -0.1) is 0 Å². The maximum Gasteiger partial charge on any atom is 0.272 e. The minimum atomic E-state index is -0.606. The van der Waals surface area contributed by atoms with Gasteiger partial charge in [-0.05, 0) is 37.8 Å². The van der Waals surface area contributed by atoms with Crippen LogP contribution in [0.2, 0.25) is 0 Å². The number of aliphatic hydroxyl groups is 1. The van der Waals surface area contributed by atoms with Crippen LogP contribution in [0.5, 0.6) is 0 Å². The third-order valence-electron chi connectivity index (χ3n) is 5.13. The molecule has 0 radical (unpaired) electrons. The fourth-order valence-electron chi connectivity index (χ4n) is 3.59. The number of ether oxygens (including phenoxy) is 1. The Hall–Kier alpha value is -1.46. The van der Waals surface area contributed by atoms with Gasteiger partial charge in [-0.25, -0.2) is 0 Å². The van der Waals surface area contributed by atoms with E-state index in [-0.39, 0.29) is 11.5 Å². The number of likely N-dealkylation sites (tertiary alicyclic amines) is 1. The van der Waals surface area contributed by atoms with Crippen LogP contribution in [0.4, 0.5) is 0 Å². The summed E-state index contributed by atoms with van der Waals surface area (Å²) in [4.78, 5) is 18.4. The van der Waals surface area contributed by atoms with Crippen molar-refractivity contribution in [3.63, 3.8) is 0 Å². The summed E-state index contributed by atoms with van der Waals surface area (Å²) in [6, 6.07) is 5.39. The van der Waals surface area contributed by atoms with E-state index in [9.17, 15) is 9.90 Å². The monoisotopic (exact) mass is 304 g/mol. The number of rotatable bonds is 2. The van der Waals surface area contributed by atoms with E-state index < -0.39 is 5.60 Å². The van der Waals surface area contributed by atoms with Gasteiger partial charge in [0.25, 0.3) is 5.91 Å². The van der Waals surface area contributed by atoms with Crippen LogP contribution in [0.25, 0.3) is 0 Å². The first-order valence-corrected chi connectivity index (χ1v) is 8.13. The van der Waals surface area contributed by atoms with Gasteiger partial charge < -0.3 is 14.7 Å². The zero-order valence-corrected chi connectivity index (χ0v) is 13.1. The molecule has 1 aromatic heterocycles. The molecular weight excluding hydrogens is 280 g/mol. The molecule has 1 atom stereocenters. The Labute approximate surface area is 131 Å². The van der Waals surface area contributed by atoms with E-state index in [0.717, 1.165) is 19.3 Å². The number of pyridine rings is 1. The predicted molar refractivity (Wildman–Crippen MR) is 82.5 cm³/mol. The second kappa shape index (κ2) is 5.97. The largest absolute Gasteiger partial charge is 0.390 e. The summed E-state index contributed by atoms with van der Waals surface area (Å²) in [6.45, 7) is 3.96. The van der Waals surface area contributed by atoms with Crippen LogP contribution >= 0.6 is 0 Å². The van der Waals surface area contributed by atoms with Gasteiger partial charge in [-0.3, -0.25) is 9.78 Å². The maximum absolute atomic E-state index is 12.4. The van der Waals surface area contributed by atoms with Crippen LogP contribution in [0.3, 0.4) is 0 Å². The van der Waals surface area contributed by atoms with E-state index in [4.69, 9.17) is 4.74 Å². The highest BCUT2D eigenvalue weighted by molar-refractivity contribution is 5.92. The molecule has 0 aromatic carbocycles. The Bertz CT molecular complexity index is 526. The highest BCUT2D eigenvalue weighted by Gasteiger charge is 2.46. The van der Waals surface area contributed by atoms with E-state index in [1.54, 1.807) is 12.3 Å². The summed E-state index contributed by atoms with van der Waals surface area (Å²) in [5, 5.41) is 10.6. The summed E-state index contributed by atoms with van der Waals surface area (Å²) in [5.74, 6) is -0.0167. The lowest BCUT2D eigenvalue weighted by atomic mass is 9.76. The Balaban J connectivity index is 1.64. The summed E-state index contributed by atoms with van der Waals surface area (Å²) in [6.07, 6.45) is 5.37. The van der Waals surface area contributed by atoms with Crippen LogP contribution in [0, 0.1) is 0 Å². The van der Waals surface area contributed by atoms with Gasteiger partial charge in [0.2, 0.25) is 0 Å². The molecule has 120 valence electrons. The lowest BCUT2D eigenvalue weighted by molar-refractivity contribution is -0.176. The molecule has 2 aliphatic heterocycles. The summed E-state index contributed by atoms with van der Waals surface area (Å²) >= 11 is 0. The molecule has 5 heteroatoms. The van der Waals surface area contributed by atoms with Crippen LogP contribution in [-0.2, 0) is 4.74 Å². The van der Waals surface area contributed by atoms with Gasteiger partial charge in [0.1, 0.15) is 5.69 Å². The van der Waals surface area contributed by atoms with Gasteiger partial charge in [0.15, 0.2) is 0 Å². The number of aromatic nitrogens is 1. The fourth-order valence-corrected chi connectivity index (χ4v) is 3.59. The summed E-state index contributed by atoms with van der Waals surface area (Å²) in [7, 11) is 0. The average Bonchev–Trinajstić information content (AvgIpc) is 2.56. The van der Waals surface area contributed by atoms with E-state index >= 15 is 0 Å². The zero-order chi connectivity index (χ0) is 15.6. The van der Waals surface area contributed by atoms with Crippen molar-refractivity contribution in [3.8, 4) is 0 Å². The van der Waals surface area contributed by atoms with Crippen molar-refractivity contribution in [2.75, 3.05) is 19.7 Å². The van der Waals surface area contributed by atoms with Gasteiger partial charge in [-0.1, -0.05) is 13.0 Å². The fraction of sp³-hybridized carbons (Fsp3) is 0.647. The number of piperidine rings is 1. The van der Waals surface area contributed by atoms with Gasteiger partial charge in [-0.2, -0.15) is 0 Å². The SMILES string of the molecule is CCC1(O)CCOC2(CCN(C(=O)c3ccccn3)CC2)C1. The van der Waals surface area contributed by atoms with Crippen LogP contribution < -0.4 is 0 Å². The Kier molecular flexibility index (Phi) is 4.19. The molecule has 3 heterocycles. The van der Waals surface area contributed by atoms with Crippen molar-refractivity contribution in [2.45, 2.75) is 50.2 Å². The van der Waals surface area contributed by atoms with Crippen LogP contribution in [-0.4, -0.2) is 51.8 Å². The molecule has 1 aromatic rings. The quantitative estimate of drug-likeness (QED) is 0.908. The number of hydrogen-bond acceptors (Lipinski definition) is 4. The summed E-state index contributed by atoms with van der Waals surface area (Å²) in [5.41, 5.74) is -0.372. The predicted octanol–water partition coefficient (Wildman–Crippen LogP) is 2.01. The molecule has 3 rings (SSSR count). The van der Waals surface area contributed by atoms with Gasteiger partial charge in [0.05, 0.1) is 17.8 Å². The van der Waals surface area contributed by atoms with E-state index in [1.807, 2.05) is 24.0 Å². The van der Waals surface area contributed by atoms with E-state index in [2.05, 4.69) is 4.98 Å². The molecule has 1 spiro atoms. The number of nitrogens with zero attached hydrogens (tertiary/aromatic N) is 2. The maximum atomic E-state index is 12.4. The molecular formula is C17H24N2O3. The first-order chi connectivity index (χ1) is 10.6. The third kappa shape index (κ3) is 3.01. The first-order valence-electron chi connectivity index (χ1n) is 8.13. The molecule has 0 bridgehead atoms. The van der Waals surface area contributed by atoms with Crippen molar-refractivity contribution in [1.82, 2.24) is 9.88 Å². The Morgan fingerprint density at radius 3 is 2.77 bits per heavy atom. The second-order valence-corrected chi connectivity index (χ2v) is 6.54. The molecule has 0 aliphatic carbocycles. The highest BCUT2D eigenvalue weighted by Crippen LogP contribution is 2.41. The topological polar surface area (TPSA) is 62.7 Å². The van der Waals surface area contributed by atoms with Crippen molar-refractivity contribution < 1.29 is 14.6 Å². The molecule has 1 unspecified atom stereocenters. The number of carbonyl (C=O) groups excluding carboxylic acids is 1. The average molecular weight is 304 g/mol. The van der Waals surface area contributed by atoms with Gasteiger partial charge in [0, 0.05) is 25.7 Å². The van der Waals surface area contributed by atoms with Crippen molar-refractivity contribution in [2.24, 2.45) is 0 Å². The minimum absolute atomic E-state index is 0.0167. The minimum Gasteiger partial charge on any atom is -0.390 e. The third-order valence-corrected chi connectivity index (χ3v) is 5.13.